The summed E-state index contributed by atoms with van der Waals surface area (Å²) in [6.45, 7) is 0. The van der Waals surface area contributed by atoms with Crippen molar-refractivity contribution in [1.82, 2.24) is 0 Å². The van der Waals surface area contributed by atoms with Crippen molar-refractivity contribution >= 4 is 39.9 Å². The van der Waals surface area contributed by atoms with Crippen molar-refractivity contribution in [1.29, 1.82) is 0 Å². The fourth-order valence-corrected chi connectivity index (χ4v) is 2.62. The number of hydrogen-bond acceptors (Lipinski definition) is 4. The average Bonchev–Trinajstić information content (AvgIpc) is 3.01. The zero-order chi connectivity index (χ0) is 17.1. The van der Waals surface area contributed by atoms with Crippen molar-refractivity contribution < 1.29 is 14.0 Å². The van der Waals surface area contributed by atoms with Crippen LogP contribution >= 0.6 is 0 Å². The van der Waals surface area contributed by atoms with E-state index >= 15 is 0 Å². The van der Waals surface area contributed by atoms with Crippen molar-refractivity contribution in [2.45, 2.75) is 0 Å². The van der Waals surface area contributed by atoms with E-state index in [0.29, 0.717) is 5.69 Å². The number of hydrogen-bond donors (Lipinski definition) is 1. The van der Waals surface area contributed by atoms with E-state index in [9.17, 15) is 4.79 Å². The summed E-state index contributed by atoms with van der Waals surface area (Å²) in [5.74, 6) is 0. The first-order valence-corrected chi connectivity index (χ1v) is 7.77. The Morgan fingerprint density at radius 1 is 0.920 bits per heavy atom. The van der Waals surface area contributed by atoms with Crippen LogP contribution in [0.15, 0.2) is 82.4 Å². The molecule has 1 aromatic heterocycles. The molecule has 0 aliphatic carbocycles. The molecular weight excluding hydrogens is 316 g/mol. The standard InChI is InChI=1S/C20H14N2O3/c23-20(25-21-13-14-6-2-1-3-7-14)22-15-10-11-19-17(12-15)16-8-4-5-9-18(16)24-19/h1-13H,(H,22,23). The lowest BCUT2D eigenvalue weighted by atomic mass is 10.1. The molecule has 5 nitrogen and oxygen atoms in total. The van der Waals surface area contributed by atoms with Crippen LogP contribution in [0.5, 0.6) is 0 Å². The van der Waals surface area contributed by atoms with Gasteiger partial charge in [-0.3, -0.25) is 10.2 Å². The third-order valence-corrected chi connectivity index (χ3v) is 3.76. The second-order valence-electron chi connectivity index (χ2n) is 5.46. The van der Waals surface area contributed by atoms with Gasteiger partial charge < -0.3 is 4.42 Å². The Bertz CT molecular complexity index is 1070. The Morgan fingerprint density at radius 3 is 2.56 bits per heavy atom. The average molecular weight is 330 g/mol. The van der Waals surface area contributed by atoms with Gasteiger partial charge in [-0.2, -0.15) is 0 Å². The number of nitrogens with one attached hydrogen (secondary N) is 1. The summed E-state index contributed by atoms with van der Waals surface area (Å²) in [5, 5.41) is 8.27. The van der Waals surface area contributed by atoms with Crippen LogP contribution in [0.2, 0.25) is 0 Å². The molecule has 0 atom stereocenters. The lowest BCUT2D eigenvalue weighted by molar-refractivity contribution is 0.167. The number of amides is 1. The molecule has 4 aromatic rings. The zero-order valence-corrected chi connectivity index (χ0v) is 13.2. The van der Waals surface area contributed by atoms with E-state index in [1.165, 1.54) is 6.21 Å². The molecule has 122 valence electrons. The maximum atomic E-state index is 11.9. The number of furan rings is 1. The fourth-order valence-electron chi connectivity index (χ4n) is 2.62. The first kappa shape index (κ1) is 15.0. The molecule has 0 spiro atoms. The minimum Gasteiger partial charge on any atom is -0.456 e. The number of carbonyl (C=O) groups is 1. The molecule has 0 aliphatic heterocycles. The van der Waals surface area contributed by atoms with Crippen molar-refractivity contribution in [2.75, 3.05) is 5.32 Å². The van der Waals surface area contributed by atoms with Gasteiger partial charge in [0.15, 0.2) is 0 Å². The fraction of sp³-hybridized carbons (Fsp3) is 0. The molecule has 25 heavy (non-hydrogen) atoms. The normalized spacial score (nSPS) is 11.2. The second-order valence-corrected chi connectivity index (χ2v) is 5.46. The van der Waals surface area contributed by atoms with Crippen LogP contribution in [0.25, 0.3) is 21.9 Å². The van der Waals surface area contributed by atoms with Gasteiger partial charge in [0.25, 0.3) is 0 Å². The summed E-state index contributed by atoms with van der Waals surface area (Å²) in [7, 11) is 0. The Labute approximate surface area is 143 Å². The minimum atomic E-state index is -0.653. The summed E-state index contributed by atoms with van der Waals surface area (Å²) in [6.07, 6.45) is 0.825. The van der Waals surface area contributed by atoms with E-state index in [-0.39, 0.29) is 0 Å². The van der Waals surface area contributed by atoms with E-state index < -0.39 is 6.09 Å². The van der Waals surface area contributed by atoms with Gasteiger partial charge >= 0.3 is 6.09 Å². The molecule has 0 radical (unpaired) electrons. The highest BCUT2D eigenvalue weighted by Gasteiger charge is 2.09. The van der Waals surface area contributed by atoms with Gasteiger partial charge in [-0.15, -0.1) is 0 Å². The Hall–Kier alpha value is -3.60. The van der Waals surface area contributed by atoms with Gasteiger partial charge in [-0.25, -0.2) is 4.79 Å². The highest BCUT2D eigenvalue weighted by atomic mass is 16.7. The highest BCUT2D eigenvalue weighted by Crippen LogP contribution is 2.30. The Morgan fingerprint density at radius 2 is 1.68 bits per heavy atom. The number of benzene rings is 3. The number of fused-ring (bicyclic) bond motifs is 3. The van der Waals surface area contributed by atoms with Crippen LogP contribution in [-0.4, -0.2) is 12.3 Å². The highest BCUT2D eigenvalue weighted by molar-refractivity contribution is 6.06. The molecule has 0 unspecified atom stereocenters. The topological polar surface area (TPSA) is 63.8 Å². The predicted molar refractivity (Wildman–Crippen MR) is 97.9 cm³/mol. The lowest BCUT2D eigenvalue weighted by Crippen LogP contribution is -2.10. The molecule has 3 aromatic carbocycles. The van der Waals surface area contributed by atoms with Crippen LogP contribution in [0.4, 0.5) is 10.5 Å². The van der Waals surface area contributed by atoms with Crippen molar-refractivity contribution in [3.8, 4) is 0 Å². The smallest absolute Gasteiger partial charge is 0.437 e. The number of rotatable bonds is 3. The van der Waals surface area contributed by atoms with Gasteiger partial charge in [0, 0.05) is 16.5 Å². The summed E-state index contributed by atoms with van der Waals surface area (Å²) < 4.78 is 5.76. The molecular formula is C20H14N2O3. The number of oxime groups is 1. The van der Waals surface area contributed by atoms with Gasteiger partial charge in [0.1, 0.15) is 11.2 Å². The number of anilines is 1. The van der Waals surface area contributed by atoms with Crippen molar-refractivity contribution in [3.63, 3.8) is 0 Å². The molecule has 0 bridgehead atoms. The molecule has 1 heterocycles. The maximum Gasteiger partial charge on any atom is 0.437 e. The summed E-state index contributed by atoms with van der Waals surface area (Å²) in [5.41, 5.74) is 3.03. The third-order valence-electron chi connectivity index (χ3n) is 3.76. The Kier molecular flexibility index (Phi) is 3.88. The number of carbonyl (C=O) groups excluding carboxylic acids is 1. The monoisotopic (exact) mass is 330 g/mol. The molecule has 4 rings (SSSR count). The second kappa shape index (κ2) is 6.49. The molecule has 5 heteroatoms. The lowest BCUT2D eigenvalue weighted by Gasteiger charge is -2.02. The van der Waals surface area contributed by atoms with E-state index in [4.69, 9.17) is 9.25 Å². The summed E-state index contributed by atoms with van der Waals surface area (Å²) in [6, 6.07) is 22.6. The molecule has 0 fully saturated rings. The Balaban J connectivity index is 1.49. The van der Waals surface area contributed by atoms with Gasteiger partial charge in [0.05, 0.1) is 6.21 Å². The van der Waals surface area contributed by atoms with Gasteiger partial charge in [-0.05, 0) is 29.8 Å². The van der Waals surface area contributed by atoms with Crippen LogP contribution in [0.1, 0.15) is 5.56 Å². The van der Waals surface area contributed by atoms with Crippen molar-refractivity contribution in [3.05, 3.63) is 78.4 Å². The predicted octanol–water partition coefficient (Wildman–Crippen LogP) is 5.17. The van der Waals surface area contributed by atoms with E-state index in [1.54, 1.807) is 6.07 Å². The minimum absolute atomic E-state index is 0.610. The van der Waals surface area contributed by atoms with E-state index in [2.05, 4.69) is 10.5 Å². The number of nitrogens with zero attached hydrogens (tertiary/aromatic N) is 1. The summed E-state index contributed by atoms with van der Waals surface area (Å²) in [4.78, 5) is 16.7. The van der Waals surface area contributed by atoms with E-state index in [0.717, 1.165) is 27.5 Å². The van der Waals surface area contributed by atoms with Crippen LogP contribution in [-0.2, 0) is 4.84 Å². The van der Waals surface area contributed by atoms with Crippen LogP contribution < -0.4 is 5.32 Å². The third kappa shape index (κ3) is 3.21. The van der Waals surface area contributed by atoms with Crippen LogP contribution in [0.3, 0.4) is 0 Å². The first-order valence-electron chi connectivity index (χ1n) is 7.77. The summed E-state index contributed by atoms with van der Waals surface area (Å²) >= 11 is 0. The first-order chi connectivity index (χ1) is 12.3. The SMILES string of the molecule is O=C(Nc1ccc2oc3ccccc3c2c1)ON=Cc1ccccc1. The largest absolute Gasteiger partial charge is 0.456 e. The zero-order valence-electron chi connectivity index (χ0n) is 13.2. The van der Waals surface area contributed by atoms with Crippen molar-refractivity contribution in [2.24, 2.45) is 5.16 Å². The molecule has 0 saturated carbocycles. The van der Waals surface area contributed by atoms with Gasteiger partial charge in [-0.1, -0.05) is 53.7 Å². The van der Waals surface area contributed by atoms with E-state index in [1.807, 2.05) is 66.7 Å². The maximum absolute atomic E-state index is 11.9. The van der Waals surface area contributed by atoms with Crippen LogP contribution in [0, 0.1) is 0 Å². The quantitative estimate of drug-likeness (QED) is 0.320. The molecule has 0 saturated heterocycles. The number of para-hydroxylation sites is 1. The molecule has 1 N–H and O–H groups in total. The van der Waals surface area contributed by atoms with Gasteiger partial charge in [0.2, 0.25) is 0 Å². The molecule has 1 amide bonds. The molecule has 0 aliphatic rings.